The molecule has 1 saturated carbocycles. The Morgan fingerprint density at radius 1 is 1.37 bits per heavy atom. The summed E-state index contributed by atoms with van der Waals surface area (Å²) in [5.41, 5.74) is 0.373. The lowest BCUT2D eigenvalue weighted by molar-refractivity contribution is -0.142. The molecule has 1 fully saturated rings. The van der Waals surface area contributed by atoms with Gasteiger partial charge in [0, 0.05) is 9.61 Å². The summed E-state index contributed by atoms with van der Waals surface area (Å²) < 4.78 is 13.5. The maximum Gasteiger partial charge on any atom is 0.308 e. The summed E-state index contributed by atoms with van der Waals surface area (Å²) in [6.45, 7) is 0. The van der Waals surface area contributed by atoms with Crippen LogP contribution in [0.2, 0.25) is 0 Å². The molecule has 0 radical (unpaired) electrons. The van der Waals surface area contributed by atoms with Crippen molar-refractivity contribution in [1.29, 1.82) is 0 Å². The van der Waals surface area contributed by atoms with Gasteiger partial charge in [-0.15, -0.1) is 0 Å². The molecule has 102 valence electrons. The number of carbonyl (C=O) groups is 2. The first-order valence-electron chi connectivity index (χ1n) is 5.98. The molecule has 2 unspecified atom stereocenters. The van der Waals surface area contributed by atoms with Gasteiger partial charge in [0.2, 0.25) is 0 Å². The minimum Gasteiger partial charge on any atom is -0.481 e. The predicted octanol–water partition coefficient (Wildman–Crippen LogP) is 2.41. The molecule has 0 spiro atoms. The quantitative estimate of drug-likeness (QED) is 0.796. The molecule has 1 aromatic rings. The van der Waals surface area contributed by atoms with Gasteiger partial charge < -0.3 is 10.4 Å². The van der Waals surface area contributed by atoms with E-state index in [1.807, 2.05) is 22.6 Å². The number of carboxylic acid groups (broad SMARTS) is 1. The van der Waals surface area contributed by atoms with Crippen LogP contribution in [0, 0.1) is 15.3 Å². The molecule has 1 aromatic carbocycles. The highest BCUT2D eigenvalue weighted by Crippen LogP contribution is 2.26. The highest BCUT2D eigenvalue weighted by Gasteiger charge is 2.34. The van der Waals surface area contributed by atoms with E-state index in [0.29, 0.717) is 22.0 Å². The first-order valence-corrected chi connectivity index (χ1v) is 7.05. The summed E-state index contributed by atoms with van der Waals surface area (Å²) in [4.78, 5) is 23.1. The molecular weight excluding hydrogens is 364 g/mol. The second-order valence-corrected chi connectivity index (χ2v) is 5.74. The zero-order valence-electron chi connectivity index (χ0n) is 10.0. The number of benzene rings is 1. The number of aliphatic carboxylic acids is 1. The fourth-order valence-corrected chi connectivity index (χ4v) is 3.07. The topological polar surface area (TPSA) is 66.4 Å². The van der Waals surface area contributed by atoms with Crippen LogP contribution in [0.1, 0.15) is 29.6 Å². The van der Waals surface area contributed by atoms with Crippen molar-refractivity contribution >= 4 is 34.5 Å². The molecule has 1 aliphatic rings. The SMILES string of the molecule is O=C(NC1CCCC1C(=O)O)c1ccc(F)cc1I. The molecule has 4 nitrogen and oxygen atoms in total. The third-order valence-electron chi connectivity index (χ3n) is 3.33. The van der Waals surface area contributed by atoms with Gasteiger partial charge in [0.05, 0.1) is 11.5 Å². The van der Waals surface area contributed by atoms with Crippen molar-refractivity contribution < 1.29 is 19.1 Å². The zero-order chi connectivity index (χ0) is 14.0. The third kappa shape index (κ3) is 3.23. The largest absolute Gasteiger partial charge is 0.481 e. The number of nitrogens with one attached hydrogen (secondary N) is 1. The summed E-state index contributed by atoms with van der Waals surface area (Å²) in [7, 11) is 0. The van der Waals surface area contributed by atoms with Gasteiger partial charge in [0.1, 0.15) is 5.82 Å². The number of amides is 1. The Hall–Kier alpha value is -1.18. The molecule has 6 heteroatoms. The van der Waals surface area contributed by atoms with E-state index in [9.17, 15) is 14.0 Å². The van der Waals surface area contributed by atoms with E-state index >= 15 is 0 Å². The molecule has 1 aliphatic carbocycles. The minimum atomic E-state index is -0.878. The van der Waals surface area contributed by atoms with Crippen LogP contribution in [0.25, 0.3) is 0 Å². The van der Waals surface area contributed by atoms with Gasteiger partial charge in [-0.05, 0) is 53.6 Å². The third-order valence-corrected chi connectivity index (χ3v) is 4.22. The van der Waals surface area contributed by atoms with Crippen molar-refractivity contribution in [3.8, 4) is 0 Å². The number of carbonyl (C=O) groups excluding carboxylic acids is 1. The number of rotatable bonds is 3. The first kappa shape index (κ1) is 14.2. The standard InChI is InChI=1S/C13H13FINO3/c14-7-4-5-8(10(15)6-7)12(17)16-11-3-1-2-9(11)13(18)19/h4-6,9,11H,1-3H2,(H,16,17)(H,18,19). The van der Waals surface area contributed by atoms with Crippen LogP contribution in [0.4, 0.5) is 4.39 Å². The first-order chi connectivity index (χ1) is 8.99. The van der Waals surface area contributed by atoms with Crippen LogP contribution in [-0.2, 0) is 4.79 Å². The van der Waals surface area contributed by atoms with Crippen molar-refractivity contribution in [3.05, 3.63) is 33.1 Å². The van der Waals surface area contributed by atoms with Gasteiger partial charge in [-0.3, -0.25) is 9.59 Å². The second kappa shape index (κ2) is 5.85. The van der Waals surface area contributed by atoms with Gasteiger partial charge in [-0.1, -0.05) is 6.42 Å². The average molecular weight is 377 g/mol. The Morgan fingerprint density at radius 2 is 2.11 bits per heavy atom. The average Bonchev–Trinajstić information content (AvgIpc) is 2.76. The van der Waals surface area contributed by atoms with Crippen LogP contribution >= 0.6 is 22.6 Å². The van der Waals surface area contributed by atoms with E-state index < -0.39 is 17.7 Å². The summed E-state index contributed by atoms with van der Waals surface area (Å²) >= 11 is 1.89. The van der Waals surface area contributed by atoms with Crippen LogP contribution < -0.4 is 5.32 Å². The molecule has 0 bridgehead atoms. The molecule has 0 aliphatic heterocycles. The Bertz CT molecular complexity index is 521. The highest BCUT2D eigenvalue weighted by atomic mass is 127. The van der Waals surface area contributed by atoms with Crippen molar-refractivity contribution in [2.45, 2.75) is 25.3 Å². The fourth-order valence-electron chi connectivity index (χ4n) is 2.35. The molecule has 19 heavy (non-hydrogen) atoms. The maximum atomic E-state index is 13.0. The van der Waals surface area contributed by atoms with Crippen LogP contribution in [0.5, 0.6) is 0 Å². The number of carboxylic acids is 1. The summed E-state index contributed by atoms with van der Waals surface area (Å²) in [5, 5.41) is 11.8. The summed E-state index contributed by atoms with van der Waals surface area (Å²) in [6.07, 6.45) is 2.05. The van der Waals surface area contributed by atoms with Gasteiger partial charge >= 0.3 is 5.97 Å². The van der Waals surface area contributed by atoms with E-state index in [0.717, 1.165) is 6.42 Å². The molecule has 0 aromatic heterocycles. The van der Waals surface area contributed by atoms with Gasteiger partial charge in [0.25, 0.3) is 5.91 Å². The van der Waals surface area contributed by atoms with Crippen molar-refractivity contribution in [2.75, 3.05) is 0 Å². The molecule has 2 atom stereocenters. The number of halogens is 2. The lowest BCUT2D eigenvalue weighted by Crippen LogP contribution is -2.40. The monoisotopic (exact) mass is 377 g/mol. The normalized spacial score (nSPS) is 22.2. The van der Waals surface area contributed by atoms with Crippen LogP contribution in [0.15, 0.2) is 18.2 Å². The van der Waals surface area contributed by atoms with Crippen molar-refractivity contribution in [1.82, 2.24) is 5.32 Å². The molecular formula is C13H13FINO3. The highest BCUT2D eigenvalue weighted by molar-refractivity contribution is 14.1. The zero-order valence-corrected chi connectivity index (χ0v) is 12.2. The minimum absolute atomic E-state index is 0.342. The van der Waals surface area contributed by atoms with E-state index in [-0.39, 0.29) is 11.9 Å². The van der Waals surface area contributed by atoms with Crippen molar-refractivity contribution in [3.63, 3.8) is 0 Å². The Balaban J connectivity index is 2.10. The van der Waals surface area contributed by atoms with Crippen molar-refractivity contribution in [2.24, 2.45) is 5.92 Å². The molecule has 2 N–H and O–H groups in total. The Kier molecular flexibility index (Phi) is 4.38. The molecule has 2 rings (SSSR count). The van der Waals surface area contributed by atoms with E-state index in [1.54, 1.807) is 0 Å². The molecule has 0 saturated heterocycles. The predicted molar refractivity (Wildman–Crippen MR) is 75.3 cm³/mol. The van der Waals surface area contributed by atoms with E-state index in [2.05, 4.69) is 5.32 Å². The fraction of sp³-hybridized carbons (Fsp3) is 0.385. The van der Waals surface area contributed by atoms with Gasteiger partial charge in [-0.2, -0.15) is 0 Å². The Labute approximate surface area is 123 Å². The molecule has 0 heterocycles. The smallest absolute Gasteiger partial charge is 0.308 e. The van der Waals surface area contributed by atoms with Crippen LogP contribution in [-0.4, -0.2) is 23.0 Å². The number of hydrogen-bond donors (Lipinski definition) is 2. The lowest BCUT2D eigenvalue weighted by atomic mass is 10.0. The van der Waals surface area contributed by atoms with E-state index in [1.165, 1.54) is 18.2 Å². The molecule has 1 amide bonds. The maximum absolute atomic E-state index is 13.0. The summed E-state index contributed by atoms with van der Waals surface area (Å²) in [6, 6.07) is 3.57. The lowest BCUT2D eigenvalue weighted by Gasteiger charge is -2.18. The number of hydrogen-bond acceptors (Lipinski definition) is 2. The second-order valence-electron chi connectivity index (χ2n) is 4.58. The Morgan fingerprint density at radius 3 is 2.74 bits per heavy atom. The van der Waals surface area contributed by atoms with Crippen LogP contribution in [0.3, 0.4) is 0 Å². The summed E-state index contributed by atoms with van der Waals surface area (Å²) in [5.74, 6) is -2.15. The van der Waals surface area contributed by atoms with E-state index in [4.69, 9.17) is 5.11 Å². The van der Waals surface area contributed by atoms with Gasteiger partial charge in [0.15, 0.2) is 0 Å². The van der Waals surface area contributed by atoms with Gasteiger partial charge in [-0.25, -0.2) is 4.39 Å².